The van der Waals surface area contributed by atoms with Gasteiger partial charge in [-0.1, -0.05) is 17.7 Å². The van der Waals surface area contributed by atoms with Gasteiger partial charge in [0.05, 0.1) is 17.8 Å². The Bertz CT molecular complexity index is 1940. The van der Waals surface area contributed by atoms with E-state index >= 15 is 0 Å². The number of amides is 1. The van der Waals surface area contributed by atoms with Gasteiger partial charge in [0, 0.05) is 40.3 Å². The molecule has 11 heteroatoms. The average Bonchev–Trinajstić information content (AvgIpc) is 3.73. The predicted molar refractivity (Wildman–Crippen MR) is 168 cm³/mol. The normalized spacial score (nSPS) is 17.2. The van der Waals surface area contributed by atoms with E-state index in [4.69, 9.17) is 16.3 Å². The number of rotatable bonds is 7. The number of nitriles is 1. The molecule has 10 nitrogen and oxygen atoms in total. The van der Waals surface area contributed by atoms with Crippen LogP contribution in [0.4, 0.5) is 17.2 Å². The van der Waals surface area contributed by atoms with E-state index in [-0.39, 0.29) is 12.1 Å². The number of anilines is 3. The van der Waals surface area contributed by atoms with Crippen LogP contribution >= 0.6 is 11.6 Å². The smallest absolute Gasteiger partial charge is 0.255 e. The second-order valence-electron chi connectivity index (χ2n) is 11.3. The van der Waals surface area contributed by atoms with Crippen molar-refractivity contribution < 1.29 is 9.53 Å². The van der Waals surface area contributed by atoms with Gasteiger partial charge in [-0.2, -0.15) is 5.26 Å². The van der Waals surface area contributed by atoms with Crippen LogP contribution < -0.4 is 10.6 Å². The summed E-state index contributed by atoms with van der Waals surface area (Å²) in [5.74, 6) is 0.307. The van der Waals surface area contributed by atoms with Gasteiger partial charge in [-0.15, -0.1) is 0 Å². The van der Waals surface area contributed by atoms with Crippen LogP contribution in [0.3, 0.4) is 0 Å². The van der Waals surface area contributed by atoms with Gasteiger partial charge in [-0.05, 0) is 92.6 Å². The third-order valence-corrected chi connectivity index (χ3v) is 8.67. The van der Waals surface area contributed by atoms with Gasteiger partial charge in [0.1, 0.15) is 29.6 Å². The van der Waals surface area contributed by atoms with Crippen molar-refractivity contribution in [1.29, 1.82) is 5.26 Å². The fourth-order valence-electron chi connectivity index (χ4n) is 5.66. The van der Waals surface area contributed by atoms with Gasteiger partial charge in [-0.3, -0.25) is 9.36 Å². The quantitative estimate of drug-likeness (QED) is 0.201. The van der Waals surface area contributed by atoms with E-state index < -0.39 is 5.41 Å². The Morgan fingerprint density at radius 1 is 1.11 bits per heavy atom. The van der Waals surface area contributed by atoms with E-state index in [0.29, 0.717) is 44.5 Å². The third-order valence-electron chi connectivity index (χ3n) is 8.34. The first kappa shape index (κ1) is 28.0. The van der Waals surface area contributed by atoms with Gasteiger partial charge in [0.25, 0.3) is 5.91 Å². The molecule has 0 bridgehead atoms. The van der Waals surface area contributed by atoms with Crippen molar-refractivity contribution in [3.05, 3.63) is 89.1 Å². The number of ether oxygens (including phenoxy) is 1. The molecule has 1 saturated carbocycles. The van der Waals surface area contributed by atoms with Crippen molar-refractivity contribution >= 4 is 45.9 Å². The van der Waals surface area contributed by atoms with E-state index in [0.717, 1.165) is 55.5 Å². The van der Waals surface area contributed by atoms with Crippen LogP contribution in [0, 0.1) is 18.3 Å². The molecule has 44 heavy (non-hydrogen) atoms. The summed E-state index contributed by atoms with van der Waals surface area (Å²) in [5.41, 5.74) is 5.71. The fraction of sp³-hybridized carbons (Fsp3) is 0.273. The zero-order chi connectivity index (χ0) is 30.3. The number of pyridine rings is 1. The molecule has 1 amide bonds. The molecule has 0 spiro atoms. The molecule has 1 aliphatic heterocycles. The van der Waals surface area contributed by atoms with Crippen molar-refractivity contribution in [2.75, 3.05) is 17.2 Å². The molecular weight excluding hydrogens is 576 g/mol. The summed E-state index contributed by atoms with van der Waals surface area (Å²) in [6.45, 7) is 2.70. The van der Waals surface area contributed by atoms with Gasteiger partial charge in [-0.25, -0.2) is 19.9 Å². The van der Waals surface area contributed by atoms with Gasteiger partial charge in [0.2, 0.25) is 0 Å². The van der Waals surface area contributed by atoms with Crippen LogP contribution in [0.2, 0.25) is 5.02 Å². The fourth-order valence-corrected chi connectivity index (χ4v) is 5.96. The lowest BCUT2D eigenvalue weighted by Crippen LogP contribution is -2.17. The second kappa shape index (κ2) is 11.3. The number of aromatic nitrogens is 5. The minimum absolute atomic E-state index is 0.0933. The first-order valence-corrected chi connectivity index (χ1v) is 15.0. The van der Waals surface area contributed by atoms with Crippen LogP contribution in [0.25, 0.3) is 22.4 Å². The number of nitrogens with zero attached hydrogens (tertiary/aromatic N) is 6. The zero-order valence-electron chi connectivity index (χ0n) is 24.0. The number of nitrogens with one attached hydrogen (secondary N) is 2. The first-order chi connectivity index (χ1) is 21.5. The minimum Gasteiger partial charge on any atom is -0.358 e. The van der Waals surface area contributed by atoms with Crippen molar-refractivity contribution in [3.63, 3.8) is 0 Å². The monoisotopic (exact) mass is 604 g/mol. The highest BCUT2D eigenvalue weighted by atomic mass is 35.5. The number of aryl methyl sites for hydroxylation is 1. The van der Waals surface area contributed by atoms with Crippen molar-refractivity contribution in [2.45, 2.75) is 50.7 Å². The summed E-state index contributed by atoms with van der Waals surface area (Å²) in [6.07, 6.45) is 9.49. The van der Waals surface area contributed by atoms with Crippen LogP contribution in [0.1, 0.15) is 59.8 Å². The highest BCUT2D eigenvalue weighted by Crippen LogP contribution is 2.50. The summed E-state index contributed by atoms with van der Waals surface area (Å²) in [4.78, 5) is 31.7. The lowest BCUT2D eigenvalue weighted by molar-refractivity contribution is -0.0298. The number of halogens is 1. The van der Waals surface area contributed by atoms with Crippen molar-refractivity contribution in [3.8, 4) is 17.3 Å². The summed E-state index contributed by atoms with van der Waals surface area (Å²) >= 11 is 6.39. The van der Waals surface area contributed by atoms with E-state index in [9.17, 15) is 10.1 Å². The maximum atomic E-state index is 13.2. The number of hydrogen-bond donors (Lipinski definition) is 2. The Morgan fingerprint density at radius 2 is 2.00 bits per heavy atom. The molecule has 4 heterocycles. The summed E-state index contributed by atoms with van der Waals surface area (Å²) < 4.78 is 7.96. The lowest BCUT2D eigenvalue weighted by Gasteiger charge is -2.23. The number of hydrogen-bond acceptors (Lipinski definition) is 8. The Morgan fingerprint density at radius 3 is 2.80 bits per heavy atom. The molecular formula is C33H29ClN8O2. The molecule has 2 aliphatic rings. The van der Waals surface area contributed by atoms with Crippen LogP contribution in [-0.4, -0.2) is 37.0 Å². The number of carbonyl (C=O) groups is 1. The zero-order valence-corrected chi connectivity index (χ0v) is 24.8. The Balaban J connectivity index is 1.16. The summed E-state index contributed by atoms with van der Waals surface area (Å²) in [6, 6.07) is 16.9. The molecule has 220 valence electrons. The van der Waals surface area contributed by atoms with Gasteiger partial charge >= 0.3 is 0 Å². The highest BCUT2D eigenvalue weighted by Gasteiger charge is 2.46. The molecule has 1 saturated heterocycles. The molecule has 1 atom stereocenters. The largest absolute Gasteiger partial charge is 0.358 e. The maximum Gasteiger partial charge on any atom is 0.255 e. The average molecular weight is 605 g/mol. The third kappa shape index (κ3) is 5.14. The number of imidazole rings is 1. The van der Waals surface area contributed by atoms with E-state index in [1.165, 1.54) is 0 Å². The molecule has 1 aliphatic carbocycles. The van der Waals surface area contributed by atoms with E-state index in [2.05, 4.69) is 36.6 Å². The molecule has 2 N–H and O–H groups in total. The van der Waals surface area contributed by atoms with E-state index in [1.54, 1.807) is 37.1 Å². The predicted octanol–water partition coefficient (Wildman–Crippen LogP) is 7.10. The van der Waals surface area contributed by atoms with Gasteiger partial charge in [0.15, 0.2) is 5.65 Å². The molecule has 2 aromatic carbocycles. The maximum absolute atomic E-state index is 13.2. The van der Waals surface area contributed by atoms with Gasteiger partial charge < -0.3 is 15.4 Å². The lowest BCUT2D eigenvalue weighted by atomic mass is 9.95. The van der Waals surface area contributed by atoms with Crippen LogP contribution in [-0.2, 0) is 10.2 Å². The summed E-state index contributed by atoms with van der Waals surface area (Å²) in [7, 11) is 0. The van der Waals surface area contributed by atoms with Crippen molar-refractivity contribution in [1.82, 2.24) is 24.5 Å². The first-order valence-electron chi connectivity index (χ1n) is 14.6. The SMILES string of the molecule is Cc1ccc(NC(=O)c2ccc(Cl)c(C3(C#N)CC3)c2)cc1Nc1ncccc1-c1ncnc2c1ncn2C1CCCCO1. The molecule has 2 fully saturated rings. The van der Waals surface area contributed by atoms with Crippen LogP contribution in [0.15, 0.2) is 67.4 Å². The van der Waals surface area contributed by atoms with E-state index in [1.807, 2.05) is 41.8 Å². The summed E-state index contributed by atoms with van der Waals surface area (Å²) in [5, 5.41) is 16.6. The molecule has 3 aromatic heterocycles. The molecule has 1 unspecified atom stereocenters. The number of benzene rings is 2. The molecule has 7 rings (SSSR count). The Labute approximate surface area is 259 Å². The minimum atomic E-state index is -0.592. The number of carbonyl (C=O) groups excluding carboxylic acids is 1. The Hall–Kier alpha value is -4.85. The van der Waals surface area contributed by atoms with Crippen molar-refractivity contribution in [2.24, 2.45) is 0 Å². The highest BCUT2D eigenvalue weighted by molar-refractivity contribution is 6.31. The standard InChI is InChI=1S/C33H29ClN8O2/c1-20-7-9-22(40-32(43)21-8-10-25(34)24(15-21)33(17-35)11-12-33)16-26(20)41-30-23(5-4-13-36-30)28-29-31(38-18-37-28)42(19-39-29)27-6-2-3-14-44-27/h4-5,7-10,13,15-16,18-19,27H,2-3,6,11-12,14H2,1H3,(H,36,41)(H,40,43). The second-order valence-corrected chi connectivity index (χ2v) is 11.7. The molecule has 0 radical (unpaired) electrons. The molecule has 5 aromatic rings. The van der Waals surface area contributed by atoms with Crippen LogP contribution in [0.5, 0.6) is 0 Å². The topological polar surface area (TPSA) is 131 Å². The number of fused-ring (bicyclic) bond motifs is 1. The Kier molecular flexibility index (Phi) is 7.20.